The largest absolute Gasteiger partial charge is 0.478 e. The molecule has 154 valence electrons. The standard InChI is InChI=1S/C21H23N7O2/c1-27(2)9-4-10-30-18-7-6-16(12-23-18)17-13-24-20-19(25-17)26-21(29)28(20)14-15-5-3-8-22-11-15/h3,5-8,11-13H,4,9-10,14H2,1-2H3,(H,25,26,29). The van der Waals surface area contributed by atoms with Gasteiger partial charge in [0.05, 0.1) is 25.0 Å². The van der Waals surface area contributed by atoms with E-state index in [1.54, 1.807) is 29.4 Å². The SMILES string of the molecule is CN(C)CCCOc1ccc(-c2cnc3c(n2)[nH]c(=O)n3Cc2cccnc2)cn1. The van der Waals surface area contributed by atoms with E-state index in [-0.39, 0.29) is 5.69 Å². The topological polar surface area (TPSA) is 102 Å². The number of aromatic nitrogens is 6. The van der Waals surface area contributed by atoms with E-state index < -0.39 is 0 Å². The maximum atomic E-state index is 12.4. The molecular weight excluding hydrogens is 382 g/mol. The number of hydrogen-bond donors (Lipinski definition) is 1. The Kier molecular flexibility index (Phi) is 5.80. The van der Waals surface area contributed by atoms with Gasteiger partial charge >= 0.3 is 5.69 Å². The third-order valence-corrected chi connectivity index (χ3v) is 4.57. The van der Waals surface area contributed by atoms with Crippen LogP contribution in [0.2, 0.25) is 0 Å². The Morgan fingerprint density at radius 2 is 2.03 bits per heavy atom. The Bertz CT molecular complexity index is 1170. The van der Waals surface area contributed by atoms with Crippen LogP contribution in [0.25, 0.3) is 22.6 Å². The van der Waals surface area contributed by atoms with E-state index in [9.17, 15) is 4.79 Å². The normalized spacial score (nSPS) is 11.3. The first-order valence-corrected chi connectivity index (χ1v) is 9.68. The third-order valence-electron chi connectivity index (χ3n) is 4.57. The molecule has 4 heterocycles. The molecular formula is C21H23N7O2. The molecule has 1 N–H and O–H groups in total. The van der Waals surface area contributed by atoms with Gasteiger partial charge < -0.3 is 9.64 Å². The molecule has 0 bridgehead atoms. The molecule has 9 nitrogen and oxygen atoms in total. The number of nitrogens with zero attached hydrogens (tertiary/aromatic N) is 6. The summed E-state index contributed by atoms with van der Waals surface area (Å²) in [4.78, 5) is 34.7. The van der Waals surface area contributed by atoms with Crippen molar-refractivity contribution in [1.29, 1.82) is 0 Å². The number of imidazole rings is 1. The van der Waals surface area contributed by atoms with Gasteiger partial charge in [-0.25, -0.2) is 19.7 Å². The van der Waals surface area contributed by atoms with Gasteiger partial charge in [-0.15, -0.1) is 0 Å². The van der Waals surface area contributed by atoms with Crippen molar-refractivity contribution in [2.24, 2.45) is 0 Å². The summed E-state index contributed by atoms with van der Waals surface area (Å²) in [6, 6.07) is 7.44. The average molecular weight is 405 g/mol. The molecule has 0 aliphatic heterocycles. The lowest BCUT2D eigenvalue weighted by Gasteiger charge is -2.10. The van der Waals surface area contributed by atoms with Crippen LogP contribution in [0.4, 0.5) is 0 Å². The predicted octanol–water partition coefficient (Wildman–Crippen LogP) is 1.96. The molecule has 4 aromatic heterocycles. The molecule has 4 rings (SSSR count). The van der Waals surface area contributed by atoms with Gasteiger partial charge in [-0.05, 0) is 38.2 Å². The zero-order valence-electron chi connectivity index (χ0n) is 16.9. The molecule has 30 heavy (non-hydrogen) atoms. The zero-order valence-corrected chi connectivity index (χ0v) is 16.9. The molecule has 0 unspecified atom stereocenters. The Labute approximate surface area is 173 Å². The Hall–Kier alpha value is -3.59. The van der Waals surface area contributed by atoms with Gasteiger partial charge in [0, 0.05) is 36.8 Å². The molecule has 0 saturated carbocycles. The summed E-state index contributed by atoms with van der Waals surface area (Å²) < 4.78 is 7.21. The Morgan fingerprint density at radius 1 is 1.13 bits per heavy atom. The Balaban J connectivity index is 1.50. The number of rotatable bonds is 8. The van der Waals surface area contributed by atoms with Gasteiger partial charge in [0.1, 0.15) is 0 Å². The lowest BCUT2D eigenvalue weighted by Crippen LogP contribution is -2.17. The molecule has 0 spiro atoms. The average Bonchev–Trinajstić information content (AvgIpc) is 3.06. The lowest BCUT2D eigenvalue weighted by atomic mass is 10.2. The number of ether oxygens (including phenoxy) is 1. The number of H-pyrrole nitrogens is 1. The second kappa shape index (κ2) is 8.83. The van der Waals surface area contributed by atoms with Crippen molar-refractivity contribution in [2.75, 3.05) is 27.2 Å². The van der Waals surface area contributed by atoms with Crippen LogP contribution in [0.5, 0.6) is 5.88 Å². The molecule has 0 aliphatic rings. The second-order valence-corrected chi connectivity index (χ2v) is 7.20. The highest BCUT2D eigenvalue weighted by molar-refractivity contribution is 5.70. The van der Waals surface area contributed by atoms with Crippen molar-refractivity contribution in [3.63, 3.8) is 0 Å². The fourth-order valence-electron chi connectivity index (χ4n) is 3.06. The maximum Gasteiger partial charge on any atom is 0.329 e. The summed E-state index contributed by atoms with van der Waals surface area (Å²) in [5, 5.41) is 0. The summed E-state index contributed by atoms with van der Waals surface area (Å²) >= 11 is 0. The van der Waals surface area contributed by atoms with Crippen LogP contribution >= 0.6 is 0 Å². The van der Waals surface area contributed by atoms with E-state index in [1.807, 2.05) is 38.4 Å². The summed E-state index contributed by atoms with van der Waals surface area (Å²) in [7, 11) is 4.07. The van der Waals surface area contributed by atoms with Crippen LogP contribution in [-0.2, 0) is 6.54 Å². The highest BCUT2D eigenvalue weighted by atomic mass is 16.5. The number of pyridine rings is 2. The second-order valence-electron chi connectivity index (χ2n) is 7.20. The minimum atomic E-state index is -0.259. The molecule has 0 aromatic carbocycles. The van der Waals surface area contributed by atoms with Crippen LogP contribution in [0, 0.1) is 0 Å². The third kappa shape index (κ3) is 4.52. The number of nitrogens with one attached hydrogen (secondary N) is 1. The van der Waals surface area contributed by atoms with Crippen molar-refractivity contribution in [3.8, 4) is 17.1 Å². The smallest absolute Gasteiger partial charge is 0.329 e. The van der Waals surface area contributed by atoms with Crippen molar-refractivity contribution >= 4 is 11.3 Å². The number of fused-ring (bicyclic) bond motifs is 1. The minimum absolute atomic E-state index is 0.259. The quantitative estimate of drug-likeness (QED) is 0.447. The van der Waals surface area contributed by atoms with Gasteiger partial charge in [-0.2, -0.15) is 0 Å². The monoisotopic (exact) mass is 405 g/mol. The fourth-order valence-corrected chi connectivity index (χ4v) is 3.06. The molecule has 0 atom stereocenters. The van der Waals surface area contributed by atoms with E-state index in [1.165, 1.54) is 0 Å². The molecule has 4 aromatic rings. The van der Waals surface area contributed by atoms with E-state index in [4.69, 9.17) is 4.74 Å². The summed E-state index contributed by atoms with van der Waals surface area (Å²) in [6.07, 6.45) is 7.69. The fraction of sp³-hybridized carbons (Fsp3) is 0.286. The van der Waals surface area contributed by atoms with E-state index in [2.05, 4.69) is 29.8 Å². The highest BCUT2D eigenvalue weighted by Crippen LogP contribution is 2.19. The van der Waals surface area contributed by atoms with Gasteiger partial charge in [-0.3, -0.25) is 14.5 Å². The summed E-state index contributed by atoms with van der Waals surface area (Å²) in [5.74, 6) is 0.572. The first-order chi connectivity index (χ1) is 14.6. The first-order valence-electron chi connectivity index (χ1n) is 9.68. The molecule has 0 saturated heterocycles. The number of aromatic amines is 1. The Morgan fingerprint density at radius 3 is 2.77 bits per heavy atom. The van der Waals surface area contributed by atoms with Gasteiger partial charge in [0.15, 0.2) is 11.3 Å². The van der Waals surface area contributed by atoms with Crippen LogP contribution < -0.4 is 10.4 Å². The van der Waals surface area contributed by atoms with Crippen molar-refractivity contribution in [1.82, 2.24) is 34.4 Å². The summed E-state index contributed by atoms with van der Waals surface area (Å²) in [6.45, 7) is 1.95. The summed E-state index contributed by atoms with van der Waals surface area (Å²) in [5.41, 5.74) is 3.02. The first kappa shape index (κ1) is 19.7. The highest BCUT2D eigenvalue weighted by Gasteiger charge is 2.12. The predicted molar refractivity (Wildman–Crippen MR) is 113 cm³/mol. The minimum Gasteiger partial charge on any atom is -0.478 e. The molecule has 9 heteroatoms. The van der Waals surface area contributed by atoms with Crippen LogP contribution in [0.3, 0.4) is 0 Å². The van der Waals surface area contributed by atoms with Gasteiger partial charge in [0.2, 0.25) is 5.88 Å². The van der Waals surface area contributed by atoms with E-state index >= 15 is 0 Å². The lowest BCUT2D eigenvalue weighted by molar-refractivity contribution is 0.273. The van der Waals surface area contributed by atoms with Crippen LogP contribution in [0.1, 0.15) is 12.0 Å². The van der Waals surface area contributed by atoms with Crippen molar-refractivity contribution in [3.05, 3.63) is 65.1 Å². The molecule has 0 amide bonds. The van der Waals surface area contributed by atoms with E-state index in [0.29, 0.717) is 36.0 Å². The number of hydrogen-bond acceptors (Lipinski definition) is 7. The van der Waals surface area contributed by atoms with Crippen molar-refractivity contribution < 1.29 is 4.74 Å². The molecule has 0 aliphatic carbocycles. The maximum absolute atomic E-state index is 12.4. The van der Waals surface area contributed by atoms with Crippen LogP contribution in [0.15, 0.2) is 53.8 Å². The van der Waals surface area contributed by atoms with E-state index in [0.717, 1.165) is 24.1 Å². The van der Waals surface area contributed by atoms with Crippen molar-refractivity contribution in [2.45, 2.75) is 13.0 Å². The van der Waals surface area contributed by atoms with Gasteiger partial charge in [-0.1, -0.05) is 6.07 Å². The molecule has 0 fully saturated rings. The van der Waals surface area contributed by atoms with Gasteiger partial charge in [0.25, 0.3) is 0 Å². The zero-order chi connectivity index (χ0) is 20.9. The molecule has 0 radical (unpaired) electrons. The van der Waals surface area contributed by atoms with Crippen LogP contribution in [-0.4, -0.2) is 61.6 Å².